The molecule has 0 saturated heterocycles. The minimum absolute atomic E-state index is 0.268. The lowest BCUT2D eigenvalue weighted by Crippen LogP contribution is -2.18. The van der Waals surface area contributed by atoms with Gasteiger partial charge in [-0.05, 0) is 33.3 Å². The van der Waals surface area contributed by atoms with Crippen molar-refractivity contribution >= 4 is 11.7 Å². The van der Waals surface area contributed by atoms with Gasteiger partial charge in [0.2, 0.25) is 0 Å². The van der Waals surface area contributed by atoms with Gasteiger partial charge in [0.05, 0.1) is 11.4 Å². The highest BCUT2D eigenvalue weighted by Crippen LogP contribution is 2.21. The highest BCUT2D eigenvalue weighted by atomic mass is 16.4. The Kier molecular flexibility index (Phi) is 5.13. The first-order valence-corrected chi connectivity index (χ1v) is 6.43. The zero-order valence-electron chi connectivity index (χ0n) is 11.6. The molecule has 0 bridgehead atoms. The number of carbonyl (C=O) groups is 1. The Morgan fingerprint density at radius 1 is 1.50 bits per heavy atom. The second-order valence-corrected chi connectivity index (χ2v) is 4.76. The lowest BCUT2D eigenvalue weighted by molar-refractivity contribution is 0.0696. The van der Waals surface area contributed by atoms with Crippen LogP contribution >= 0.6 is 0 Å². The van der Waals surface area contributed by atoms with Crippen molar-refractivity contribution in [3.05, 3.63) is 23.0 Å². The minimum Gasteiger partial charge on any atom is -0.478 e. The van der Waals surface area contributed by atoms with Crippen molar-refractivity contribution in [1.29, 1.82) is 0 Å². The van der Waals surface area contributed by atoms with Crippen LogP contribution in [0.3, 0.4) is 0 Å². The third kappa shape index (κ3) is 3.72. The largest absolute Gasteiger partial charge is 0.478 e. The first-order chi connectivity index (χ1) is 8.45. The molecule has 0 aliphatic carbocycles. The van der Waals surface area contributed by atoms with E-state index in [1.165, 1.54) is 0 Å². The molecular formula is C14H22N2O2. The van der Waals surface area contributed by atoms with Crippen LogP contribution in [0.25, 0.3) is 0 Å². The van der Waals surface area contributed by atoms with Crippen LogP contribution < -0.4 is 5.32 Å². The number of rotatable bonds is 6. The summed E-state index contributed by atoms with van der Waals surface area (Å²) >= 11 is 0. The molecule has 1 heterocycles. The first kappa shape index (κ1) is 14.5. The molecule has 1 aromatic heterocycles. The molecule has 2 N–H and O–H groups in total. The van der Waals surface area contributed by atoms with E-state index in [9.17, 15) is 9.90 Å². The lowest BCUT2D eigenvalue weighted by Gasteiger charge is -2.18. The van der Waals surface area contributed by atoms with Crippen molar-refractivity contribution in [2.75, 3.05) is 5.32 Å². The number of carboxylic acids is 1. The maximum absolute atomic E-state index is 11.3. The van der Waals surface area contributed by atoms with E-state index in [-0.39, 0.29) is 11.6 Å². The highest BCUT2D eigenvalue weighted by molar-refractivity contribution is 5.95. The molecule has 0 aromatic carbocycles. The average Bonchev–Trinajstić information content (AvgIpc) is 2.24. The predicted molar refractivity (Wildman–Crippen MR) is 73.3 cm³/mol. The fraction of sp³-hybridized carbons (Fsp3) is 0.571. The van der Waals surface area contributed by atoms with Gasteiger partial charge < -0.3 is 10.4 Å². The van der Waals surface area contributed by atoms with Gasteiger partial charge in [0, 0.05) is 11.7 Å². The number of aryl methyl sites for hydroxylation is 2. The summed E-state index contributed by atoms with van der Waals surface area (Å²) < 4.78 is 0. The predicted octanol–water partition coefficient (Wildman–Crippen LogP) is 3.39. The quantitative estimate of drug-likeness (QED) is 0.812. The van der Waals surface area contributed by atoms with Gasteiger partial charge in [-0.15, -0.1) is 0 Å². The molecule has 4 heteroatoms. The third-order valence-electron chi connectivity index (χ3n) is 2.93. The smallest absolute Gasteiger partial charge is 0.339 e. The Labute approximate surface area is 108 Å². The number of nitrogens with zero attached hydrogens (tertiary/aromatic N) is 1. The van der Waals surface area contributed by atoms with Crippen LogP contribution in [-0.4, -0.2) is 22.1 Å². The molecule has 100 valence electrons. The van der Waals surface area contributed by atoms with Crippen molar-refractivity contribution in [2.24, 2.45) is 0 Å². The van der Waals surface area contributed by atoms with Gasteiger partial charge in [0.1, 0.15) is 5.56 Å². The summed E-state index contributed by atoms with van der Waals surface area (Å²) in [6, 6.07) is 2.07. The molecule has 0 radical (unpaired) electrons. The molecule has 0 spiro atoms. The van der Waals surface area contributed by atoms with Gasteiger partial charge in [-0.25, -0.2) is 4.79 Å². The van der Waals surface area contributed by atoms with E-state index in [1.54, 1.807) is 13.0 Å². The standard InChI is InChI=1S/C14H22N2O2/c1-5-6-7-9(2)16-12-8-10(3)15-11(4)13(12)14(17)18/h8-9H,5-7H2,1-4H3,(H,15,16)(H,17,18). The molecule has 1 rings (SSSR count). The van der Waals surface area contributed by atoms with E-state index in [0.717, 1.165) is 25.0 Å². The SMILES string of the molecule is CCCCC(C)Nc1cc(C)nc(C)c1C(=O)O. The van der Waals surface area contributed by atoms with Gasteiger partial charge in [0.25, 0.3) is 0 Å². The van der Waals surface area contributed by atoms with E-state index in [2.05, 4.69) is 24.1 Å². The van der Waals surface area contributed by atoms with Crippen molar-refractivity contribution in [3.8, 4) is 0 Å². The molecular weight excluding hydrogens is 228 g/mol. The van der Waals surface area contributed by atoms with Crippen LogP contribution in [0.4, 0.5) is 5.69 Å². The zero-order valence-corrected chi connectivity index (χ0v) is 11.6. The van der Waals surface area contributed by atoms with Crippen LogP contribution in [0, 0.1) is 13.8 Å². The van der Waals surface area contributed by atoms with E-state index in [0.29, 0.717) is 11.4 Å². The fourth-order valence-corrected chi connectivity index (χ4v) is 2.06. The molecule has 1 aromatic rings. The Morgan fingerprint density at radius 2 is 2.17 bits per heavy atom. The zero-order chi connectivity index (χ0) is 13.7. The lowest BCUT2D eigenvalue weighted by atomic mass is 10.1. The summed E-state index contributed by atoms with van der Waals surface area (Å²) in [6.07, 6.45) is 3.32. The van der Waals surface area contributed by atoms with Gasteiger partial charge in [0.15, 0.2) is 0 Å². The van der Waals surface area contributed by atoms with Crippen LogP contribution in [-0.2, 0) is 0 Å². The van der Waals surface area contributed by atoms with Crippen LogP contribution in [0.1, 0.15) is 54.9 Å². The topological polar surface area (TPSA) is 62.2 Å². The molecule has 0 aliphatic heterocycles. The Bertz CT molecular complexity index is 430. The second kappa shape index (κ2) is 6.38. The van der Waals surface area contributed by atoms with Crippen molar-refractivity contribution in [2.45, 2.75) is 53.0 Å². The van der Waals surface area contributed by atoms with Crippen molar-refractivity contribution < 1.29 is 9.90 Å². The van der Waals surface area contributed by atoms with Crippen LogP contribution in [0.5, 0.6) is 0 Å². The van der Waals surface area contributed by atoms with Crippen LogP contribution in [0.2, 0.25) is 0 Å². The monoisotopic (exact) mass is 250 g/mol. The summed E-state index contributed by atoms with van der Waals surface area (Å²) in [7, 11) is 0. The molecule has 0 saturated carbocycles. The fourth-order valence-electron chi connectivity index (χ4n) is 2.06. The van der Waals surface area contributed by atoms with E-state index < -0.39 is 5.97 Å². The van der Waals surface area contributed by atoms with E-state index in [1.807, 2.05) is 6.92 Å². The first-order valence-electron chi connectivity index (χ1n) is 6.43. The molecule has 18 heavy (non-hydrogen) atoms. The number of hydrogen-bond donors (Lipinski definition) is 2. The Balaban J connectivity index is 2.96. The number of aromatic carboxylic acids is 1. The normalized spacial score (nSPS) is 12.2. The summed E-state index contributed by atoms with van der Waals surface area (Å²) in [5.41, 5.74) is 2.36. The number of carboxylic acid groups (broad SMARTS) is 1. The summed E-state index contributed by atoms with van der Waals surface area (Å²) in [4.78, 5) is 15.5. The maximum atomic E-state index is 11.3. The molecule has 0 aliphatic rings. The van der Waals surface area contributed by atoms with Gasteiger partial charge >= 0.3 is 5.97 Å². The molecule has 4 nitrogen and oxygen atoms in total. The molecule has 1 atom stereocenters. The highest BCUT2D eigenvalue weighted by Gasteiger charge is 2.16. The van der Waals surface area contributed by atoms with Gasteiger partial charge in [-0.3, -0.25) is 4.98 Å². The minimum atomic E-state index is -0.926. The maximum Gasteiger partial charge on any atom is 0.339 e. The Morgan fingerprint density at radius 3 is 2.72 bits per heavy atom. The van der Waals surface area contributed by atoms with Crippen LogP contribution in [0.15, 0.2) is 6.07 Å². The summed E-state index contributed by atoms with van der Waals surface area (Å²) in [6.45, 7) is 7.83. The number of unbranched alkanes of at least 4 members (excludes halogenated alkanes) is 1. The third-order valence-corrected chi connectivity index (χ3v) is 2.93. The second-order valence-electron chi connectivity index (χ2n) is 4.76. The number of aromatic nitrogens is 1. The van der Waals surface area contributed by atoms with Gasteiger partial charge in [-0.1, -0.05) is 19.8 Å². The van der Waals surface area contributed by atoms with Crippen molar-refractivity contribution in [3.63, 3.8) is 0 Å². The average molecular weight is 250 g/mol. The number of nitrogens with one attached hydrogen (secondary N) is 1. The molecule has 1 unspecified atom stereocenters. The number of hydrogen-bond acceptors (Lipinski definition) is 3. The Hall–Kier alpha value is -1.58. The number of anilines is 1. The molecule has 0 amide bonds. The number of pyridine rings is 1. The summed E-state index contributed by atoms with van der Waals surface area (Å²) in [5.74, 6) is -0.926. The van der Waals surface area contributed by atoms with Crippen molar-refractivity contribution in [1.82, 2.24) is 4.98 Å². The summed E-state index contributed by atoms with van der Waals surface area (Å²) in [5, 5.41) is 12.5. The van der Waals surface area contributed by atoms with Gasteiger partial charge in [-0.2, -0.15) is 0 Å². The molecule has 0 fully saturated rings. The van der Waals surface area contributed by atoms with E-state index >= 15 is 0 Å². The van der Waals surface area contributed by atoms with E-state index in [4.69, 9.17) is 0 Å².